The van der Waals surface area contributed by atoms with Crippen molar-refractivity contribution in [2.24, 2.45) is 5.92 Å². The molecule has 1 saturated heterocycles. The molecule has 0 aromatic heterocycles. The van der Waals surface area contributed by atoms with E-state index in [-0.39, 0.29) is 18.8 Å². The van der Waals surface area contributed by atoms with Gasteiger partial charge in [0.15, 0.2) is 0 Å². The first-order valence-electron chi connectivity index (χ1n) is 7.32. The smallest absolute Gasteiger partial charge is 0.248 e. The lowest BCUT2D eigenvalue weighted by molar-refractivity contribution is 0.00400. The van der Waals surface area contributed by atoms with Gasteiger partial charge in [-0.05, 0) is 44.6 Å². The highest BCUT2D eigenvalue weighted by Gasteiger charge is 2.40. The first-order chi connectivity index (χ1) is 8.59. The Morgan fingerprint density at radius 2 is 2.17 bits per heavy atom. The molecule has 1 saturated carbocycles. The molecule has 18 heavy (non-hydrogen) atoms. The third-order valence-electron chi connectivity index (χ3n) is 4.19. The molecule has 0 radical (unpaired) electrons. The largest absolute Gasteiger partial charge is 0.378 e. The van der Waals surface area contributed by atoms with Crippen LogP contribution in [0, 0.1) is 5.92 Å². The van der Waals surface area contributed by atoms with Gasteiger partial charge < -0.3 is 10.1 Å². The topological polar surface area (TPSA) is 21.3 Å². The Balaban J connectivity index is 1.78. The summed E-state index contributed by atoms with van der Waals surface area (Å²) in [4.78, 5) is 0. The van der Waals surface area contributed by atoms with Crippen LogP contribution >= 0.6 is 0 Å². The van der Waals surface area contributed by atoms with Crippen LogP contribution < -0.4 is 5.32 Å². The fourth-order valence-electron chi connectivity index (χ4n) is 3.34. The molecule has 0 aromatic carbocycles. The first kappa shape index (κ1) is 14.2. The fraction of sp³-hybridized carbons (Fsp3) is 1.00. The number of nitrogens with one attached hydrogen (secondary N) is 1. The van der Waals surface area contributed by atoms with E-state index >= 15 is 0 Å². The quantitative estimate of drug-likeness (QED) is 0.791. The molecule has 0 spiro atoms. The van der Waals surface area contributed by atoms with Gasteiger partial charge in [-0.1, -0.05) is 6.92 Å². The molecule has 3 atom stereocenters. The predicted molar refractivity (Wildman–Crippen MR) is 68.0 cm³/mol. The van der Waals surface area contributed by atoms with Crippen molar-refractivity contribution in [1.29, 1.82) is 0 Å². The zero-order chi connectivity index (χ0) is 13.0. The van der Waals surface area contributed by atoms with E-state index in [1.807, 2.05) is 0 Å². The summed E-state index contributed by atoms with van der Waals surface area (Å²) in [7, 11) is 0. The molecule has 1 aliphatic carbocycles. The summed E-state index contributed by atoms with van der Waals surface area (Å²) in [6.07, 6.45) is 5.32. The molecule has 1 aliphatic heterocycles. The normalized spacial score (nSPS) is 32.8. The van der Waals surface area contributed by atoms with Crippen LogP contribution in [0.1, 0.15) is 51.9 Å². The van der Waals surface area contributed by atoms with Crippen molar-refractivity contribution in [1.82, 2.24) is 5.32 Å². The Morgan fingerprint density at radius 1 is 1.33 bits per heavy atom. The van der Waals surface area contributed by atoms with Crippen LogP contribution in [0.2, 0.25) is 0 Å². The second-order valence-electron chi connectivity index (χ2n) is 5.83. The molecule has 3 unspecified atom stereocenters. The number of ether oxygens (including phenoxy) is 1. The first-order valence-corrected chi connectivity index (χ1v) is 7.32. The van der Waals surface area contributed by atoms with E-state index in [1.165, 1.54) is 0 Å². The summed E-state index contributed by atoms with van der Waals surface area (Å²) >= 11 is 0. The summed E-state index contributed by atoms with van der Waals surface area (Å²) in [6.45, 7) is 3.84. The van der Waals surface area contributed by atoms with Gasteiger partial charge in [-0.15, -0.1) is 0 Å². The number of alkyl halides is 2. The molecule has 0 amide bonds. The molecule has 1 N–H and O–H groups in total. The van der Waals surface area contributed by atoms with Crippen molar-refractivity contribution in [3.63, 3.8) is 0 Å². The minimum absolute atomic E-state index is 0.0798. The summed E-state index contributed by atoms with van der Waals surface area (Å²) < 4.78 is 32.0. The summed E-state index contributed by atoms with van der Waals surface area (Å²) in [5.74, 6) is -2.23. The van der Waals surface area contributed by atoms with Crippen LogP contribution in [0.5, 0.6) is 0 Å². The van der Waals surface area contributed by atoms with Gasteiger partial charge in [-0.3, -0.25) is 0 Å². The van der Waals surface area contributed by atoms with Crippen molar-refractivity contribution >= 4 is 0 Å². The molecule has 1 heterocycles. The van der Waals surface area contributed by atoms with E-state index in [4.69, 9.17) is 4.74 Å². The average molecular weight is 261 g/mol. The molecular formula is C14H25F2NO. The van der Waals surface area contributed by atoms with Gasteiger partial charge in [-0.25, -0.2) is 8.78 Å². The van der Waals surface area contributed by atoms with Gasteiger partial charge in [0.25, 0.3) is 0 Å². The van der Waals surface area contributed by atoms with E-state index in [0.29, 0.717) is 18.6 Å². The lowest BCUT2D eigenvalue weighted by Crippen LogP contribution is -2.34. The zero-order valence-electron chi connectivity index (χ0n) is 11.3. The highest BCUT2D eigenvalue weighted by atomic mass is 19.3. The van der Waals surface area contributed by atoms with E-state index in [0.717, 1.165) is 38.8 Å². The Morgan fingerprint density at radius 3 is 2.72 bits per heavy atom. The second kappa shape index (κ2) is 6.29. The van der Waals surface area contributed by atoms with Crippen LogP contribution in [-0.2, 0) is 4.74 Å². The second-order valence-corrected chi connectivity index (χ2v) is 5.83. The molecule has 2 aliphatic rings. The average Bonchev–Trinajstić information content (AvgIpc) is 2.89. The number of halogens is 2. The standard InChI is InChI=1S/C14H25F2NO/c1-2-17-12(9-13-4-3-7-18-13)8-11-5-6-14(15,16)10-11/h11-13,17H,2-10H2,1H3. The van der Waals surface area contributed by atoms with Gasteiger partial charge in [-0.2, -0.15) is 0 Å². The third kappa shape index (κ3) is 4.16. The van der Waals surface area contributed by atoms with Gasteiger partial charge in [0, 0.05) is 25.5 Å². The Kier molecular flexibility index (Phi) is 4.96. The maximum absolute atomic E-state index is 13.2. The van der Waals surface area contributed by atoms with E-state index in [1.54, 1.807) is 0 Å². The van der Waals surface area contributed by atoms with Crippen molar-refractivity contribution in [2.75, 3.05) is 13.2 Å². The van der Waals surface area contributed by atoms with Gasteiger partial charge in [0.05, 0.1) is 6.10 Å². The number of rotatable bonds is 6. The van der Waals surface area contributed by atoms with Gasteiger partial charge >= 0.3 is 0 Å². The minimum Gasteiger partial charge on any atom is -0.378 e. The van der Waals surface area contributed by atoms with Crippen molar-refractivity contribution in [2.45, 2.75) is 69.9 Å². The lowest BCUT2D eigenvalue weighted by atomic mass is 9.94. The van der Waals surface area contributed by atoms with Gasteiger partial charge in [0.2, 0.25) is 5.92 Å². The van der Waals surface area contributed by atoms with Crippen LogP contribution in [0.4, 0.5) is 8.78 Å². The Bertz CT molecular complexity index is 254. The summed E-state index contributed by atoms with van der Waals surface area (Å²) in [5, 5.41) is 3.44. The van der Waals surface area contributed by atoms with E-state index < -0.39 is 5.92 Å². The van der Waals surface area contributed by atoms with E-state index in [2.05, 4.69) is 12.2 Å². The SMILES string of the molecule is CCNC(CC1CCC(F)(F)C1)CC1CCCO1. The third-order valence-corrected chi connectivity index (χ3v) is 4.19. The molecule has 2 fully saturated rings. The molecule has 0 aromatic rings. The maximum atomic E-state index is 13.2. The zero-order valence-corrected chi connectivity index (χ0v) is 11.3. The van der Waals surface area contributed by atoms with Gasteiger partial charge in [0.1, 0.15) is 0 Å². The minimum atomic E-state index is -2.41. The fourth-order valence-corrected chi connectivity index (χ4v) is 3.34. The Labute approximate surface area is 108 Å². The summed E-state index contributed by atoms with van der Waals surface area (Å²) in [5.41, 5.74) is 0. The van der Waals surface area contributed by atoms with E-state index in [9.17, 15) is 8.78 Å². The van der Waals surface area contributed by atoms with Crippen molar-refractivity contribution in [3.8, 4) is 0 Å². The summed E-state index contributed by atoms with van der Waals surface area (Å²) in [6, 6.07) is 0.344. The highest BCUT2D eigenvalue weighted by Crippen LogP contribution is 2.41. The highest BCUT2D eigenvalue weighted by molar-refractivity contribution is 4.85. The number of hydrogen-bond acceptors (Lipinski definition) is 2. The molecule has 2 rings (SSSR count). The van der Waals surface area contributed by atoms with Crippen LogP contribution in [0.3, 0.4) is 0 Å². The predicted octanol–water partition coefficient (Wildman–Crippen LogP) is 3.36. The molecular weight excluding hydrogens is 236 g/mol. The Hall–Kier alpha value is -0.220. The van der Waals surface area contributed by atoms with Crippen LogP contribution in [0.15, 0.2) is 0 Å². The lowest BCUT2D eigenvalue weighted by Gasteiger charge is -2.24. The monoisotopic (exact) mass is 261 g/mol. The van der Waals surface area contributed by atoms with Crippen molar-refractivity contribution in [3.05, 3.63) is 0 Å². The molecule has 2 nitrogen and oxygen atoms in total. The molecule has 4 heteroatoms. The van der Waals surface area contributed by atoms with Crippen LogP contribution in [0.25, 0.3) is 0 Å². The number of hydrogen-bond donors (Lipinski definition) is 1. The molecule has 0 bridgehead atoms. The molecule has 106 valence electrons. The maximum Gasteiger partial charge on any atom is 0.248 e. The van der Waals surface area contributed by atoms with Crippen molar-refractivity contribution < 1.29 is 13.5 Å². The van der Waals surface area contributed by atoms with Crippen LogP contribution in [-0.4, -0.2) is 31.2 Å².